The lowest BCUT2D eigenvalue weighted by Gasteiger charge is -1.93. The first-order valence-corrected chi connectivity index (χ1v) is 2.18. The molecule has 3 nitrogen and oxygen atoms in total. The Hall–Kier alpha value is -0.700. The number of aldehydes is 1. The van der Waals surface area contributed by atoms with E-state index in [1.165, 1.54) is 6.92 Å². The zero-order valence-electron chi connectivity index (χ0n) is 4.55. The quantitative estimate of drug-likeness (QED) is 0.418. The molecule has 0 aliphatic rings. The van der Waals surface area contributed by atoms with Gasteiger partial charge >= 0.3 is 0 Å². The molecule has 0 rings (SSSR count). The Bertz CT molecular complexity index is 95.8. The van der Waals surface area contributed by atoms with Gasteiger partial charge < -0.3 is 9.90 Å². The summed E-state index contributed by atoms with van der Waals surface area (Å²) >= 11 is 0. The van der Waals surface area contributed by atoms with Crippen LogP contribution in [0.25, 0.3) is 0 Å². The molecule has 0 saturated carbocycles. The molecule has 0 aromatic heterocycles. The Morgan fingerprint density at radius 1 is 1.75 bits per heavy atom. The van der Waals surface area contributed by atoms with Crippen LogP contribution < -0.4 is 0 Å². The fourth-order valence-electron chi connectivity index (χ4n) is 0.223. The molecule has 0 fully saturated rings. The molecule has 0 unspecified atom stereocenters. The van der Waals surface area contributed by atoms with Gasteiger partial charge in [-0.2, -0.15) is 0 Å². The number of carbonyl (C=O) groups is 2. The van der Waals surface area contributed by atoms with Crippen LogP contribution in [-0.4, -0.2) is 17.2 Å². The van der Waals surface area contributed by atoms with Gasteiger partial charge in [0, 0.05) is 0 Å². The minimum atomic E-state index is -0.514. The van der Waals surface area contributed by atoms with Crippen LogP contribution in [-0.2, 0) is 9.59 Å². The maximum atomic E-state index is 10.2. The van der Waals surface area contributed by atoms with Gasteiger partial charge in [-0.1, -0.05) is 0 Å². The second-order valence-corrected chi connectivity index (χ2v) is 1.38. The average molecular weight is 115 g/mol. The number of aliphatic hydroxyl groups is 1. The molecule has 0 amide bonds. The fourth-order valence-corrected chi connectivity index (χ4v) is 0.223. The maximum Gasteiger partial charge on any atom is 0.174 e. The SMILES string of the molecule is C[C](O)C(=O)CC=O. The number of rotatable bonds is 3. The van der Waals surface area contributed by atoms with Gasteiger partial charge in [-0.05, 0) is 6.92 Å². The van der Waals surface area contributed by atoms with Gasteiger partial charge in [-0.25, -0.2) is 0 Å². The van der Waals surface area contributed by atoms with Crippen LogP contribution in [0.4, 0.5) is 0 Å². The van der Waals surface area contributed by atoms with Crippen LogP contribution in [0.3, 0.4) is 0 Å². The fraction of sp³-hybridized carbons (Fsp3) is 0.400. The summed E-state index contributed by atoms with van der Waals surface area (Å²) in [6.45, 7) is 1.26. The van der Waals surface area contributed by atoms with Gasteiger partial charge in [-0.3, -0.25) is 4.79 Å². The highest BCUT2D eigenvalue weighted by Crippen LogP contribution is 1.94. The van der Waals surface area contributed by atoms with Crippen LogP contribution in [0.15, 0.2) is 0 Å². The third-order valence-corrected chi connectivity index (χ3v) is 0.672. The molecule has 1 N–H and O–H groups in total. The average Bonchev–Trinajstić information content (AvgIpc) is 1.67. The van der Waals surface area contributed by atoms with Crippen molar-refractivity contribution in [1.29, 1.82) is 0 Å². The molecule has 0 saturated heterocycles. The molecule has 0 aliphatic heterocycles. The number of hydrogen-bond donors (Lipinski definition) is 1. The van der Waals surface area contributed by atoms with Gasteiger partial charge in [0.05, 0.1) is 6.42 Å². The summed E-state index contributed by atoms with van der Waals surface area (Å²) in [5.41, 5.74) is 0. The second-order valence-electron chi connectivity index (χ2n) is 1.38. The summed E-state index contributed by atoms with van der Waals surface area (Å²) in [7, 11) is 0. The third-order valence-electron chi connectivity index (χ3n) is 0.672. The molecule has 8 heavy (non-hydrogen) atoms. The zero-order chi connectivity index (χ0) is 6.57. The molecule has 0 aromatic rings. The van der Waals surface area contributed by atoms with E-state index in [-0.39, 0.29) is 12.5 Å². The Morgan fingerprint density at radius 3 is 2.38 bits per heavy atom. The van der Waals surface area contributed by atoms with Gasteiger partial charge in [0.15, 0.2) is 11.9 Å². The van der Waals surface area contributed by atoms with Crippen molar-refractivity contribution in [3.63, 3.8) is 0 Å². The highest BCUT2D eigenvalue weighted by molar-refractivity contribution is 5.97. The van der Waals surface area contributed by atoms with Gasteiger partial charge in [0.1, 0.15) is 6.29 Å². The summed E-state index contributed by atoms with van der Waals surface area (Å²) in [5, 5.41) is 8.36. The van der Waals surface area contributed by atoms with Crippen LogP contribution in [0.2, 0.25) is 0 Å². The lowest BCUT2D eigenvalue weighted by Crippen LogP contribution is -2.06. The second kappa shape index (κ2) is 3.32. The molecule has 3 heteroatoms. The normalized spacial score (nSPS) is 9.38. The van der Waals surface area contributed by atoms with Gasteiger partial charge in [0.2, 0.25) is 0 Å². The smallest absolute Gasteiger partial charge is 0.174 e. The maximum absolute atomic E-state index is 10.2. The molecule has 0 atom stereocenters. The highest BCUT2D eigenvalue weighted by atomic mass is 16.3. The van der Waals surface area contributed by atoms with Crippen molar-refractivity contribution in [2.75, 3.05) is 0 Å². The van der Waals surface area contributed by atoms with Crippen molar-refractivity contribution < 1.29 is 14.7 Å². The molecule has 0 spiro atoms. The molecule has 0 heterocycles. The number of hydrogen-bond acceptors (Lipinski definition) is 3. The van der Waals surface area contributed by atoms with Gasteiger partial charge in [-0.15, -0.1) is 0 Å². The molecular weight excluding hydrogens is 108 g/mol. The van der Waals surface area contributed by atoms with E-state index >= 15 is 0 Å². The molecule has 0 aromatic carbocycles. The third kappa shape index (κ3) is 2.47. The van der Waals surface area contributed by atoms with Crippen molar-refractivity contribution in [2.24, 2.45) is 0 Å². The van der Waals surface area contributed by atoms with Crippen LogP contribution >= 0.6 is 0 Å². The Kier molecular flexibility index (Phi) is 3.03. The van der Waals surface area contributed by atoms with Crippen LogP contribution in [0.1, 0.15) is 13.3 Å². The number of carbonyl (C=O) groups excluding carboxylic acids is 2. The lowest BCUT2D eigenvalue weighted by molar-refractivity contribution is -0.123. The first kappa shape index (κ1) is 7.30. The molecule has 1 radical (unpaired) electrons. The van der Waals surface area contributed by atoms with Crippen molar-refractivity contribution in [3.8, 4) is 0 Å². The van der Waals surface area contributed by atoms with E-state index in [0.29, 0.717) is 6.29 Å². The highest BCUT2D eigenvalue weighted by Gasteiger charge is 2.07. The largest absolute Gasteiger partial charge is 0.379 e. The predicted octanol–water partition coefficient (Wildman–Crippen LogP) is 0.0689. The van der Waals surface area contributed by atoms with E-state index in [1.807, 2.05) is 0 Å². The van der Waals surface area contributed by atoms with E-state index in [2.05, 4.69) is 0 Å². The van der Waals surface area contributed by atoms with Gasteiger partial charge in [0.25, 0.3) is 0 Å². The first-order chi connectivity index (χ1) is 3.68. The Labute approximate surface area is 47.3 Å². The van der Waals surface area contributed by atoms with E-state index < -0.39 is 5.78 Å². The lowest BCUT2D eigenvalue weighted by atomic mass is 10.2. The molecule has 0 aliphatic carbocycles. The zero-order valence-corrected chi connectivity index (χ0v) is 4.55. The minimum Gasteiger partial charge on any atom is -0.379 e. The predicted molar refractivity (Wildman–Crippen MR) is 26.5 cm³/mol. The van der Waals surface area contributed by atoms with Crippen LogP contribution in [0.5, 0.6) is 0 Å². The number of aliphatic hydroxyl groups excluding tert-OH is 1. The van der Waals surface area contributed by atoms with E-state index in [9.17, 15) is 9.59 Å². The Morgan fingerprint density at radius 2 is 2.25 bits per heavy atom. The van der Waals surface area contributed by atoms with Crippen LogP contribution in [0, 0.1) is 6.10 Å². The van der Waals surface area contributed by atoms with Crippen molar-refractivity contribution in [1.82, 2.24) is 0 Å². The molecular formula is C5H7O3. The first-order valence-electron chi connectivity index (χ1n) is 2.18. The summed E-state index contributed by atoms with van der Waals surface area (Å²) in [6, 6.07) is 0. The standard InChI is InChI=1S/C5H7O3/c1-4(7)5(8)2-3-6/h3,7H,2H2,1H3. The summed E-state index contributed by atoms with van der Waals surface area (Å²) < 4.78 is 0. The molecule has 0 bridgehead atoms. The summed E-state index contributed by atoms with van der Waals surface area (Å²) in [5.74, 6) is -0.514. The van der Waals surface area contributed by atoms with E-state index in [0.717, 1.165) is 0 Å². The van der Waals surface area contributed by atoms with E-state index in [1.54, 1.807) is 0 Å². The minimum absolute atomic E-state index is 0.220. The number of Topliss-reactive ketones (excluding diaryl/α,β-unsaturated/α-hetero) is 1. The van der Waals surface area contributed by atoms with Crippen molar-refractivity contribution >= 4 is 12.1 Å². The summed E-state index contributed by atoms with van der Waals surface area (Å²) in [4.78, 5) is 19.8. The number of ketones is 1. The van der Waals surface area contributed by atoms with Crippen molar-refractivity contribution in [2.45, 2.75) is 13.3 Å². The molecule has 45 valence electrons. The van der Waals surface area contributed by atoms with E-state index in [4.69, 9.17) is 5.11 Å². The summed E-state index contributed by atoms with van der Waals surface area (Å²) in [6.07, 6.45) is -0.0678. The topological polar surface area (TPSA) is 54.4 Å². The monoisotopic (exact) mass is 115 g/mol. The van der Waals surface area contributed by atoms with Crippen molar-refractivity contribution in [3.05, 3.63) is 6.10 Å². The Balaban J connectivity index is 3.48.